The van der Waals surface area contributed by atoms with Gasteiger partial charge in [-0.2, -0.15) is 0 Å². The van der Waals surface area contributed by atoms with E-state index in [4.69, 9.17) is 0 Å². The van der Waals surface area contributed by atoms with Gasteiger partial charge < -0.3 is 4.74 Å². The van der Waals surface area contributed by atoms with Gasteiger partial charge in [-0.15, -0.1) is 11.8 Å². The molecule has 0 aromatic heterocycles. The molecule has 0 bridgehead atoms. The highest BCUT2D eigenvalue weighted by molar-refractivity contribution is 8.02. The Morgan fingerprint density at radius 2 is 2.40 bits per heavy atom. The molecule has 0 radical (unpaired) electrons. The number of hydrogen-bond donors (Lipinski definition) is 0. The lowest BCUT2D eigenvalue weighted by atomic mass is 10.6. The molecular formula is C7H12O2S. The average Bonchev–Trinajstić information content (AvgIpc) is 1.98. The van der Waals surface area contributed by atoms with Crippen molar-refractivity contribution < 1.29 is 9.53 Å². The Hall–Kier alpha value is -0.440. The van der Waals surface area contributed by atoms with E-state index in [1.54, 1.807) is 17.2 Å². The fraction of sp³-hybridized carbons (Fsp3) is 0.571. The van der Waals surface area contributed by atoms with Crippen molar-refractivity contribution in [3.63, 3.8) is 0 Å². The number of thioether (sulfide) groups is 1. The van der Waals surface area contributed by atoms with Gasteiger partial charge in [0.05, 0.1) is 7.11 Å². The largest absolute Gasteiger partial charge is 0.466 e. The van der Waals surface area contributed by atoms with Crippen LogP contribution in [0.4, 0.5) is 0 Å². The maximum atomic E-state index is 10.5. The van der Waals surface area contributed by atoms with Gasteiger partial charge >= 0.3 is 5.97 Å². The van der Waals surface area contributed by atoms with Crippen LogP contribution in [0.15, 0.2) is 11.5 Å². The quantitative estimate of drug-likeness (QED) is 0.356. The van der Waals surface area contributed by atoms with Crippen molar-refractivity contribution in [3.05, 3.63) is 11.5 Å². The predicted molar refractivity (Wildman–Crippen MR) is 43.9 cm³/mol. The van der Waals surface area contributed by atoms with Crippen molar-refractivity contribution in [2.75, 3.05) is 12.9 Å². The van der Waals surface area contributed by atoms with Gasteiger partial charge in [0.25, 0.3) is 0 Å². The van der Waals surface area contributed by atoms with Crippen LogP contribution in [-0.2, 0) is 9.53 Å². The molecule has 0 saturated heterocycles. The standard InChI is InChI=1S/C7H12O2S/c1-3-5-10-6-4-7(8)9-2/h4,6H,3,5H2,1-2H3/b6-4-. The zero-order valence-corrected chi connectivity index (χ0v) is 7.11. The second-order valence-electron chi connectivity index (χ2n) is 1.70. The smallest absolute Gasteiger partial charge is 0.330 e. The van der Waals surface area contributed by atoms with E-state index in [0.29, 0.717) is 0 Å². The summed E-state index contributed by atoms with van der Waals surface area (Å²) in [5, 5.41) is 1.76. The maximum Gasteiger partial charge on any atom is 0.330 e. The van der Waals surface area contributed by atoms with Crippen molar-refractivity contribution >= 4 is 17.7 Å². The highest BCUT2D eigenvalue weighted by atomic mass is 32.2. The van der Waals surface area contributed by atoms with E-state index in [1.807, 2.05) is 0 Å². The molecule has 0 fully saturated rings. The van der Waals surface area contributed by atoms with Gasteiger partial charge in [-0.3, -0.25) is 0 Å². The third-order valence-corrected chi connectivity index (χ3v) is 1.80. The summed E-state index contributed by atoms with van der Waals surface area (Å²) >= 11 is 1.62. The van der Waals surface area contributed by atoms with Gasteiger partial charge in [0.2, 0.25) is 0 Å². The van der Waals surface area contributed by atoms with Crippen LogP contribution in [0.3, 0.4) is 0 Å². The SMILES string of the molecule is CCCS/C=C\C(=O)OC. The van der Waals surface area contributed by atoms with Crippen molar-refractivity contribution in [3.8, 4) is 0 Å². The van der Waals surface area contributed by atoms with Gasteiger partial charge in [0, 0.05) is 6.08 Å². The van der Waals surface area contributed by atoms with Crippen LogP contribution in [-0.4, -0.2) is 18.8 Å². The highest BCUT2D eigenvalue weighted by Crippen LogP contribution is 2.02. The molecule has 0 rings (SSSR count). The van der Waals surface area contributed by atoms with Gasteiger partial charge in [-0.05, 0) is 17.6 Å². The first-order valence-electron chi connectivity index (χ1n) is 3.17. The molecule has 0 amide bonds. The molecule has 0 N–H and O–H groups in total. The second-order valence-corrected chi connectivity index (χ2v) is 2.71. The zero-order chi connectivity index (χ0) is 7.82. The molecule has 0 aromatic rings. The summed E-state index contributed by atoms with van der Waals surface area (Å²) in [6.07, 6.45) is 2.55. The van der Waals surface area contributed by atoms with Crippen molar-refractivity contribution in [1.29, 1.82) is 0 Å². The molecule has 0 aromatic carbocycles. The second kappa shape index (κ2) is 6.68. The molecule has 10 heavy (non-hydrogen) atoms. The number of methoxy groups -OCH3 is 1. The fourth-order valence-corrected chi connectivity index (χ4v) is 0.937. The molecule has 0 aliphatic rings. The molecule has 0 aliphatic carbocycles. The highest BCUT2D eigenvalue weighted by Gasteiger charge is 1.88. The first kappa shape index (κ1) is 9.56. The summed E-state index contributed by atoms with van der Waals surface area (Å²) < 4.78 is 4.39. The molecule has 0 saturated carbocycles. The minimum Gasteiger partial charge on any atom is -0.466 e. The lowest BCUT2D eigenvalue weighted by molar-refractivity contribution is -0.134. The first-order valence-corrected chi connectivity index (χ1v) is 4.22. The molecule has 3 heteroatoms. The average molecular weight is 160 g/mol. The minimum absolute atomic E-state index is 0.288. The lowest BCUT2D eigenvalue weighted by Crippen LogP contribution is -1.92. The summed E-state index contributed by atoms with van der Waals surface area (Å²) in [5.41, 5.74) is 0. The van der Waals surface area contributed by atoms with Crippen LogP contribution in [0.5, 0.6) is 0 Å². The molecule has 0 atom stereocenters. The van der Waals surface area contributed by atoms with Crippen molar-refractivity contribution in [2.45, 2.75) is 13.3 Å². The van der Waals surface area contributed by atoms with Gasteiger partial charge in [0.1, 0.15) is 0 Å². The lowest BCUT2D eigenvalue weighted by Gasteiger charge is -1.89. The Balaban J connectivity index is 3.27. The van der Waals surface area contributed by atoms with Crippen LogP contribution in [0.25, 0.3) is 0 Å². The molecular weight excluding hydrogens is 148 g/mol. The van der Waals surface area contributed by atoms with Crippen molar-refractivity contribution in [1.82, 2.24) is 0 Å². The van der Waals surface area contributed by atoms with E-state index in [1.165, 1.54) is 13.2 Å². The number of carbonyl (C=O) groups is 1. The summed E-state index contributed by atoms with van der Waals surface area (Å²) in [4.78, 5) is 10.5. The van der Waals surface area contributed by atoms with Crippen LogP contribution in [0.2, 0.25) is 0 Å². The fourth-order valence-electron chi connectivity index (χ4n) is 0.358. The van der Waals surface area contributed by atoms with Gasteiger partial charge in [-0.25, -0.2) is 4.79 Å². The van der Waals surface area contributed by atoms with Crippen LogP contribution >= 0.6 is 11.8 Å². The molecule has 0 aliphatic heterocycles. The van der Waals surface area contributed by atoms with Crippen LogP contribution in [0, 0.1) is 0 Å². The third kappa shape index (κ3) is 5.69. The summed E-state index contributed by atoms with van der Waals surface area (Å²) in [6.45, 7) is 2.10. The topological polar surface area (TPSA) is 26.3 Å². The number of esters is 1. The van der Waals surface area contributed by atoms with Crippen LogP contribution < -0.4 is 0 Å². The molecule has 0 unspecified atom stereocenters. The number of carbonyl (C=O) groups excluding carboxylic acids is 1. The monoisotopic (exact) mass is 160 g/mol. The van der Waals surface area contributed by atoms with E-state index < -0.39 is 0 Å². The number of hydrogen-bond acceptors (Lipinski definition) is 3. The van der Waals surface area contributed by atoms with E-state index in [2.05, 4.69) is 11.7 Å². The first-order chi connectivity index (χ1) is 4.81. The Morgan fingerprint density at radius 1 is 1.70 bits per heavy atom. The predicted octanol–water partition coefficient (Wildman–Crippen LogP) is 1.82. The Kier molecular flexibility index (Phi) is 6.38. The molecule has 0 spiro atoms. The number of rotatable bonds is 4. The van der Waals surface area contributed by atoms with Gasteiger partial charge in [-0.1, -0.05) is 6.92 Å². The van der Waals surface area contributed by atoms with E-state index >= 15 is 0 Å². The van der Waals surface area contributed by atoms with E-state index in [0.717, 1.165) is 12.2 Å². The summed E-state index contributed by atoms with van der Waals surface area (Å²) in [7, 11) is 1.37. The Morgan fingerprint density at radius 3 is 2.90 bits per heavy atom. The molecule has 58 valence electrons. The van der Waals surface area contributed by atoms with Gasteiger partial charge in [0.15, 0.2) is 0 Å². The Labute approximate surface area is 65.6 Å². The third-order valence-electron chi connectivity index (χ3n) is 0.824. The van der Waals surface area contributed by atoms with Crippen molar-refractivity contribution in [2.24, 2.45) is 0 Å². The molecule has 2 nitrogen and oxygen atoms in total. The minimum atomic E-state index is -0.288. The van der Waals surface area contributed by atoms with E-state index in [-0.39, 0.29) is 5.97 Å². The van der Waals surface area contributed by atoms with Crippen LogP contribution in [0.1, 0.15) is 13.3 Å². The summed E-state index contributed by atoms with van der Waals surface area (Å²) in [6, 6.07) is 0. The normalized spacial score (nSPS) is 10.2. The Bertz CT molecular complexity index is 121. The number of ether oxygens (including phenoxy) is 1. The summed E-state index contributed by atoms with van der Waals surface area (Å²) in [5.74, 6) is 0.761. The van der Waals surface area contributed by atoms with E-state index in [9.17, 15) is 4.79 Å². The zero-order valence-electron chi connectivity index (χ0n) is 6.29. The maximum absolute atomic E-state index is 10.5. The molecule has 0 heterocycles.